The minimum Gasteiger partial charge on any atom is -0.396 e. The Hall–Kier alpha value is -1.04. The first-order valence-corrected chi connectivity index (χ1v) is 5.56. The molecular weight excluding hydrogens is 228 g/mol. The Morgan fingerprint density at radius 2 is 1.82 bits per heavy atom. The Bertz CT molecular complexity index is 347. The third kappa shape index (κ3) is 4.38. The maximum absolute atomic E-state index is 13.4. The lowest BCUT2D eigenvalue weighted by atomic mass is 10.2. The quantitative estimate of drug-likeness (QED) is 0.757. The molecule has 1 aromatic rings. The summed E-state index contributed by atoms with van der Waals surface area (Å²) in [5, 5.41) is 17.6. The molecule has 0 unspecified atom stereocenters. The molecule has 0 aromatic heterocycles. The maximum atomic E-state index is 13.4. The Balaban J connectivity index is 2.67. The highest BCUT2D eigenvalue weighted by molar-refractivity contribution is 5.18. The zero-order valence-electron chi connectivity index (χ0n) is 9.57. The van der Waals surface area contributed by atoms with Crippen LogP contribution in [0.3, 0.4) is 0 Å². The second-order valence-electron chi connectivity index (χ2n) is 3.79. The SMILES string of the molecule is OCCCN(CCO)Cc1cccc(F)c1F. The van der Waals surface area contributed by atoms with Gasteiger partial charge in [-0.2, -0.15) is 0 Å². The predicted octanol–water partition coefficient (Wildman–Crippen LogP) is 1.14. The van der Waals surface area contributed by atoms with Crippen LogP contribution in [0.4, 0.5) is 8.78 Å². The van der Waals surface area contributed by atoms with Gasteiger partial charge in [-0.1, -0.05) is 12.1 Å². The topological polar surface area (TPSA) is 43.7 Å². The number of hydrogen-bond acceptors (Lipinski definition) is 3. The Labute approximate surface area is 99.3 Å². The van der Waals surface area contributed by atoms with Crippen LogP contribution in [0.15, 0.2) is 18.2 Å². The van der Waals surface area contributed by atoms with Gasteiger partial charge >= 0.3 is 0 Å². The molecule has 0 spiro atoms. The van der Waals surface area contributed by atoms with Gasteiger partial charge in [0.1, 0.15) is 0 Å². The van der Waals surface area contributed by atoms with E-state index < -0.39 is 11.6 Å². The van der Waals surface area contributed by atoms with Crippen LogP contribution in [0.5, 0.6) is 0 Å². The summed E-state index contributed by atoms with van der Waals surface area (Å²) < 4.78 is 26.4. The standard InChI is InChI=1S/C12H17F2NO2/c13-11-4-1-3-10(12(11)14)9-15(6-8-17)5-2-7-16/h1,3-4,16-17H,2,5-9H2. The Morgan fingerprint density at radius 3 is 2.47 bits per heavy atom. The van der Waals surface area contributed by atoms with Gasteiger partial charge in [-0.25, -0.2) is 8.78 Å². The van der Waals surface area contributed by atoms with E-state index in [0.717, 1.165) is 6.07 Å². The van der Waals surface area contributed by atoms with Gasteiger partial charge in [-0.3, -0.25) is 4.90 Å². The fourth-order valence-electron chi connectivity index (χ4n) is 1.62. The zero-order chi connectivity index (χ0) is 12.7. The first-order valence-electron chi connectivity index (χ1n) is 5.56. The molecule has 3 nitrogen and oxygen atoms in total. The summed E-state index contributed by atoms with van der Waals surface area (Å²) in [4.78, 5) is 1.77. The second-order valence-corrected chi connectivity index (χ2v) is 3.79. The highest BCUT2D eigenvalue weighted by atomic mass is 19.2. The molecule has 5 heteroatoms. The molecule has 1 rings (SSSR count). The van der Waals surface area contributed by atoms with Gasteiger partial charge in [0.2, 0.25) is 0 Å². The summed E-state index contributed by atoms with van der Waals surface area (Å²) in [6.07, 6.45) is 0.539. The molecule has 0 aliphatic carbocycles. The average molecular weight is 245 g/mol. The van der Waals surface area contributed by atoms with Crippen molar-refractivity contribution >= 4 is 0 Å². The largest absolute Gasteiger partial charge is 0.396 e. The first-order chi connectivity index (χ1) is 8.19. The van der Waals surface area contributed by atoms with Gasteiger partial charge in [0.15, 0.2) is 11.6 Å². The molecular formula is C12H17F2NO2. The van der Waals surface area contributed by atoms with Crippen LogP contribution < -0.4 is 0 Å². The van der Waals surface area contributed by atoms with Crippen molar-refractivity contribution in [1.82, 2.24) is 4.90 Å². The van der Waals surface area contributed by atoms with E-state index in [9.17, 15) is 8.78 Å². The second kappa shape index (κ2) is 7.32. The maximum Gasteiger partial charge on any atom is 0.163 e. The third-order valence-electron chi connectivity index (χ3n) is 2.47. The number of aliphatic hydroxyl groups excluding tert-OH is 2. The highest BCUT2D eigenvalue weighted by Gasteiger charge is 2.11. The molecule has 0 aliphatic rings. The average Bonchev–Trinajstić information content (AvgIpc) is 2.32. The van der Waals surface area contributed by atoms with Crippen LogP contribution in [0, 0.1) is 11.6 Å². The van der Waals surface area contributed by atoms with E-state index in [4.69, 9.17) is 10.2 Å². The smallest absolute Gasteiger partial charge is 0.163 e. The van der Waals surface area contributed by atoms with Gasteiger partial charge in [0, 0.05) is 31.8 Å². The van der Waals surface area contributed by atoms with Crippen LogP contribution in [0.2, 0.25) is 0 Å². The molecule has 96 valence electrons. The van der Waals surface area contributed by atoms with Gasteiger partial charge < -0.3 is 10.2 Å². The lowest BCUT2D eigenvalue weighted by Crippen LogP contribution is -2.28. The molecule has 0 amide bonds. The van der Waals surface area contributed by atoms with E-state index in [-0.39, 0.29) is 25.3 Å². The molecule has 17 heavy (non-hydrogen) atoms. The summed E-state index contributed by atoms with van der Waals surface area (Å²) in [5.74, 6) is -1.71. The number of nitrogens with zero attached hydrogens (tertiary/aromatic N) is 1. The molecule has 0 fully saturated rings. The van der Waals surface area contributed by atoms with Gasteiger partial charge in [-0.15, -0.1) is 0 Å². The third-order valence-corrected chi connectivity index (χ3v) is 2.47. The monoisotopic (exact) mass is 245 g/mol. The van der Waals surface area contributed by atoms with E-state index in [1.165, 1.54) is 12.1 Å². The van der Waals surface area contributed by atoms with Crippen LogP contribution in [0.1, 0.15) is 12.0 Å². The normalized spacial score (nSPS) is 11.1. The van der Waals surface area contributed by atoms with Crippen molar-refractivity contribution in [3.8, 4) is 0 Å². The molecule has 1 aromatic carbocycles. The van der Waals surface area contributed by atoms with Gasteiger partial charge in [-0.05, 0) is 12.5 Å². The van der Waals surface area contributed by atoms with Crippen molar-refractivity contribution in [3.05, 3.63) is 35.4 Å². The number of aliphatic hydroxyl groups is 2. The van der Waals surface area contributed by atoms with Crippen molar-refractivity contribution in [3.63, 3.8) is 0 Å². The molecule has 0 aliphatic heterocycles. The Morgan fingerprint density at radius 1 is 1.06 bits per heavy atom. The van der Waals surface area contributed by atoms with Crippen LogP contribution in [-0.4, -0.2) is 41.4 Å². The van der Waals surface area contributed by atoms with Crippen molar-refractivity contribution in [2.45, 2.75) is 13.0 Å². The van der Waals surface area contributed by atoms with E-state index in [1.54, 1.807) is 4.90 Å². The summed E-state index contributed by atoms with van der Waals surface area (Å²) in [6, 6.07) is 4.04. The number of halogens is 2. The molecule has 2 N–H and O–H groups in total. The van der Waals surface area contributed by atoms with E-state index in [2.05, 4.69) is 0 Å². The minimum atomic E-state index is -0.867. The number of benzene rings is 1. The van der Waals surface area contributed by atoms with E-state index >= 15 is 0 Å². The highest BCUT2D eigenvalue weighted by Crippen LogP contribution is 2.13. The summed E-state index contributed by atoms with van der Waals surface area (Å²) in [6.45, 7) is 1.11. The summed E-state index contributed by atoms with van der Waals surface area (Å²) in [7, 11) is 0. The number of rotatable bonds is 7. The van der Waals surface area contributed by atoms with E-state index in [0.29, 0.717) is 19.5 Å². The molecule has 0 atom stereocenters. The van der Waals surface area contributed by atoms with Crippen LogP contribution in [0.25, 0.3) is 0 Å². The van der Waals surface area contributed by atoms with Crippen molar-refractivity contribution in [1.29, 1.82) is 0 Å². The predicted molar refractivity (Wildman–Crippen MR) is 60.4 cm³/mol. The summed E-state index contributed by atoms with van der Waals surface area (Å²) in [5.41, 5.74) is 0.261. The van der Waals surface area contributed by atoms with Crippen LogP contribution in [-0.2, 0) is 6.54 Å². The lowest BCUT2D eigenvalue weighted by molar-refractivity contribution is 0.172. The molecule has 0 heterocycles. The van der Waals surface area contributed by atoms with E-state index in [1.807, 2.05) is 0 Å². The zero-order valence-corrected chi connectivity index (χ0v) is 9.57. The lowest BCUT2D eigenvalue weighted by Gasteiger charge is -2.21. The fourth-order valence-corrected chi connectivity index (χ4v) is 1.62. The fraction of sp³-hybridized carbons (Fsp3) is 0.500. The Kier molecular flexibility index (Phi) is 6.04. The minimum absolute atomic E-state index is 0.0353. The molecule has 0 bridgehead atoms. The number of hydrogen-bond donors (Lipinski definition) is 2. The summed E-state index contributed by atoms with van der Waals surface area (Å²) >= 11 is 0. The molecule has 0 radical (unpaired) electrons. The molecule has 0 saturated heterocycles. The first kappa shape index (κ1) is 14.0. The van der Waals surface area contributed by atoms with Crippen molar-refractivity contribution in [2.24, 2.45) is 0 Å². The van der Waals surface area contributed by atoms with Crippen LogP contribution >= 0.6 is 0 Å². The van der Waals surface area contributed by atoms with Gasteiger partial charge in [0.05, 0.1) is 6.61 Å². The molecule has 0 saturated carbocycles. The van der Waals surface area contributed by atoms with Gasteiger partial charge in [0.25, 0.3) is 0 Å². The van der Waals surface area contributed by atoms with Crippen molar-refractivity contribution in [2.75, 3.05) is 26.3 Å². The van der Waals surface area contributed by atoms with Crippen molar-refractivity contribution < 1.29 is 19.0 Å².